The average Bonchev–Trinajstić information content (AvgIpc) is 3.92. The summed E-state index contributed by atoms with van der Waals surface area (Å²) in [6, 6.07) is 18.1. The van der Waals surface area contributed by atoms with Crippen LogP contribution in [0.15, 0.2) is 67.1 Å². The molecular weight excluding hydrogens is 632 g/mol. The van der Waals surface area contributed by atoms with Crippen LogP contribution in [0, 0.1) is 5.41 Å². The first-order valence-electron chi connectivity index (χ1n) is 17.4. The number of aromatic amines is 1. The first kappa shape index (κ1) is 31.9. The van der Waals surface area contributed by atoms with Crippen molar-refractivity contribution in [3.8, 4) is 28.5 Å². The second-order valence-corrected chi connectivity index (χ2v) is 14.0. The third-order valence-corrected chi connectivity index (χ3v) is 10.3. The number of amides is 2. The van der Waals surface area contributed by atoms with Crippen LogP contribution in [0.5, 0.6) is 5.88 Å². The summed E-state index contributed by atoms with van der Waals surface area (Å²) in [4.78, 5) is 44.6. The lowest BCUT2D eigenvalue weighted by Gasteiger charge is -2.37. The van der Waals surface area contributed by atoms with Crippen molar-refractivity contribution in [2.45, 2.75) is 32.8 Å². The van der Waals surface area contributed by atoms with Gasteiger partial charge in [0.25, 0.3) is 0 Å². The van der Waals surface area contributed by atoms with Crippen LogP contribution in [0.3, 0.4) is 0 Å². The molecule has 1 atom stereocenters. The Bertz CT molecular complexity index is 2010. The molecule has 3 aliphatic rings. The molecule has 5 aromatic rings. The van der Waals surface area contributed by atoms with E-state index in [4.69, 9.17) is 4.74 Å². The predicted molar refractivity (Wildman–Crippen MR) is 191 cm³/mol. The molecule has 3 fully saturated rings. The maximum absolute atomic E-state index is 14.0. The lowest BCUT2D eigenvalue weighted by Crippen LogP contribution is -2.51. The SMILES string of the molecule is CC(C)Oc1ccc(-c2n[nH]c3ccc(N4CCC5(CCN(CC(=O)N6CCN(c7ccc(-c8ncn(C)n8)cc7)CC6)C5)C4=O)cc23)cn1. The zero-order chi connectivity index (χ0) is 34.4. The fraction of sp³-hybridized carbons (Fsp3) is 0.405. The summed E-state index contributed by atoms with van der Waals surface area (Å²) >= 11 is 0. The number of rotatable bonds is 8. The molecule has 50 heavy (non-hydrogen) atoms. The van der Waals surface area contributed by atoms with Gasteiger partial charge >= 0.3 is 0 Å². The molecule has 1 unspecified atom stereocenters. The van der Waals surface area contributed by atoms with Gasteiger partial charge in [0.2, 0.25) is 17.7 Å². The molecule has 258 valence electrons. The summed E-state index contributed by atoms with van der Waals surface area (Å²) in [6.07, 6.45) is 5.06. The number of carbonyl (C=O) groups is 2. The van der Waals surface area contributed by atoms with Gasteiger partial charge in [-0.05, 0) is 81.8 Å². The Morgan fingerprint density at radius 1 is 0.920 bits per heavy atom. The van der Waals surface area contributed by atoms with E-state index in [1.54, 1.807) is 17.2 Å². The summed E-state index contributed by atoms with van der Waals surface area (Å²) in [5, 5.41) is 13.0. The first-order valence-corrected chi connectivity index (χ1v) is 17.4. The molecule has 0 saturated carbocycles. The summed E-state index contributed by atoms with van der Waals surface area (Å²) in [5.41, 5.74) is 5.08. The second-order valence-electron chi connectivity index (χ2n) is 14.0. The number of H-pyrrole nitrogens is 1. The Morgan fingerprint density at radius 3 is 2.40 bits per heavy atom. The minimum atomic E-state index is -0.458. The lowest BCUT2D eigenvalue weighted by molar-refractivity contribution is -0.133. The van der Waals surface area contributed by atoms with Crippen LogP contribution in [-0.2, 0) is 16.6 Å². The van der Waals surface area contributed by atoms with Gasteiger partial charge in [-0.25, -0.2) is 9.97 Å². The number of carbonyl (C=O) groups excluding carboxylic acids is 2. The van der Waals surface area contributed by atoms with Crippen molar-refractivity contribution >= 4 is 34.1 Å². The summed E-state index contributed by atoms with van der Waals surface area (Å²) in [7, 11) is 1.86. The molecule has 3 aromatic heterocycles. The predicted octanol–water partition coefficient (Wildman–Crippen LogP) is 3.99. The van der Waals surface area contributed by atoms with Crippen LogP contribution in [0.2, 0.25) is 0 Å². The molecule has 1 spiro atoms. The summed E-state index contributed by atoms with van der Waals surface area (Å²) < 4.78 is 7.40. The highest BCUT2D eigenvalue weighted by Gasteiger charge is 2.51. The highest BCUT2D eigenvalue weighted by Crippen LogP contribution is 2.43. The van der Waals surface area contributed by atoms with E-state index in [0.717, 1.165) is 71.6 Å². The van der Waals surface area contributed by atoms with E-state index in [1.807, 2.05) is 73.2 Å². The standard InChI is InChI=1S/C37H42N10O3/c1-25(2)50-32-11-6-27(21-38-32)34-30-20-29(9-10-31(30)40-41-34)47-15-13-37(36(47)49)12-14-44(23-37)22-33(48)46-18-16-45(17-19-46)28-7-4-26(5-8-28)35-39-24-43(3)42-35/h4-11,20-21,24-25H,12-19,22-23H2,1-3H3,(H,40,41). The van der Waals surface area contributed by atoms with Crippen LogP contribution in [0.25, 0.3) is 33.5 Å². The Morgan fingerprint density at radius 2 is 1.68 bits per heavy atom. The number of piperazine rings is 1. The second kappa shape index (κ2) is 12.9. The van der Waals surface area contributed by atoms with E-state index in [2.05, 4.69) is 47.2 Å². The number of pyridine rings is 1. The molecule has 6 heterocycles. The van der Waals surface area contributed by atoms with E-state index < -0.39 is 5.41 Å². The van der Waals surface area contributed by atoms with Gasteiger partial charge in [0.15, 0.2) is 5.82 Å². The van der Waals surface area contributed by atoms with Crippen LogP contribution in [0.4, 0.5) is 11.4 Å². The number of hydrogen-bond acceptors (Lipinski definition) is 9. The highest BCUT2D eigenvalue weighted by molar-refractivity contribution is 6.03. The normalized spacial score (nSPS) is 19.8. The minimum absolute atomic E-state index is 0.0459. The van der Waals surface area contributed by atoms with E-state index >= 15 is 0 Å². The first-order chi connectivity index (χ1) is 24.2. The number of hydrogen-bond donors (Lipinski definition) is 1. The van der Waals surface area contributed by atoms with Crippen molar-refractivity contribution in [1.82, 2.24) is 39.7 Å². The molecule has 2 amide bonds. The zero-order valence-electron chi connectivity index (χ0n) is 28.7. The number of nitrogens with one attached hydrogen (secondary N) is 1. The summed E-state index contributed by atoms with van der Waals surface area (Å²) in [6.45, 7) is 9.22. The Balaban J connectivity index is 0.871. The number of likely N-dealkylation sites (tertiary alicyclic amines) is 1. The molecule has 3 saturated heterocycles. The fourth-order valence-corrected chi connectivity index (χ4v) is 7.56. The molecular formula is C37H42N10O3. The van der Waals surface area contributed by atoms with E-state index in [0.29, 0.717) is 44.4 Å². The van der Waals surface area contributed by atoms with Gasteiger partial charge in [-0.2, -0.15) is 10.2 Å². The van der Waals surface area contributed by atoms with Crippen molar-refractivity contribution in [1.29, 1.82) is 0 Å². The molecule has 13 nitrogen and oxygen atoms in total. The topological polar surface area (TPSA) is 129 Å². The number of ether oxygens (including phenoxy) is 1. The van der Waals surface area contributed by atoms with Crippen molar-refractivity contribution in [2.75, 3.05) is 62.2 Å². The molecule has 13 heteroatoms. The molecule has 3 aliphatic heterocycles. The smallest absolute Gasteiger partial charge is 0.236 e. The van der Waals surface area contributed by atoms with Gasteiger partial charge in [-0.1, -0.05) is 0 Å². The number of nitrogens with zero attached hydrogens (tertiary/aromatic N) is 9. The molecule has 0 radical (unpaired) electrons. The van der Waals surface area contributed by atoms with Gasteiger partial charge in [-0.3, -0.25) is 24.3 Å². The van der Waals surface area contributed by atoms with Gasteiger partial charge in [0.05, 0.1) is 23.6 Å². The number of anilines is 2. The number of aryl methyl sites for hydroxylation is 1. The largest absolute Gasteiger partial charge is 0.475 e. The lowest BCUT2D eigenvalue weighted by atomic mass is 9.85. The van der Waals surface area contributed by atoms with Crippen molar-refractivity contribution in [3.63, 3.8) is 0 Å². The van der Waals surface area contributed by atoms with Crippen LogP contribution >= 0.6 is 0 Å². The van der Waals surface area contributed by atoms with Gasteiger partial charge in [0.1, 0.15) is 12.0 Å². The molecule has 1 N–H and O–H groups in total. The number of aromatic nitrogens is 6. The summed E-state index contributed by atoms with van der Waals surface area (Å²) in [5.74, 6) is 1.57. The van der Waals surface area contributed by atoms with Crippen LogP contribution < -0.4 is 14.5 Å². The highest BCUT2D eigenvalue weighted by atomic mass is 16.5. The maximum Gasteiger partial charge on any atom is 0.236 e. The Labute approximate surface area is 290 Å². The maximum atomic E-state index is 14.0. The molecule has 0 bridgehead atoms. The Hall–Kier alpha value is -5.30. The van der Waals surface area contributed by atoms with Crippen molar-refractivity contribution in [3.05, 3.63) is 67.1 Å². The fourth-order valence-electron chi connectivity index (χ4n) is 7.56. The molecule has 8 rings (SSSR count). The monoisotopic (exact) mass is 674 g/mol. The van der Waals surface area contributed by atoms with Gasteiger partial charge in [-0.15, -0.1) is 0 Å². The van der Waals surface area contributed by atoms with E-state index in [-0.39, 0.29) is 17.9 Å². The third kappa shape index (κ3) is 6.06. The average molecular weight is 675 g/mol. The van der Waals surface area contributed by atoms with Gasteiger partial charge in [0, 0.05) is 86.5 Å². The molecule has 0 aliphatic carbocycles. The van der Waals surface area contributed by atoms with Crippen molar-refractivity contribution in [2.24, 2.45) is 12.5 Å². The van der Waals surface area contributed by atoms with Gasteiger partial charge < -0.3 is 19.4 Å². The van der Waals surface area contributed by atoms with E-state index in [9.17, 15) is 9.59 Å². The van der Waals surface area contributed by atoms with Crippen LogP contribution in [-0.4, -0.2) is 110 Å². The van der Waals surface area contributed by atoms with Crippen molar-refractivity contribution < 1.29 is 14.3 Å². The quantitative estimate of drug-likeness (QED) is 0.260. The Kier molecular flexibility index (Phi) is 8.22. The minimum Gasteiger partial charge on any atom is -0.475 e. The number of fused-ring (bicyclic) bond motifs is 1. The molecule has 2 aromatic carbocycles. The number of benzene rings is 2. The van der Waals surface area contributed by atoms with Crippen LogP contribution in [0.1, 0.15) is 26.7 Å². The zero-order valence-corrected chi connectivity index (χ0v) is 28.7. The van der Waals surface area contributed by atoms with E-state index in [1.165, 1.54) is 0 Å². The third-order valence-electron chi connectivity index (χ3n) is 10.3.